The molecule has 0 bridgehead atoms. The number of halogens is 1. The number of phenolic OH excluding ortho intramolecular Hbond substituents is 1. The topological polar surface area (TPSA) is 103 Å². The smallest absolute Gasteiger partial charge is 0.318 e. The van der Waals surface area contributed by atoms with Crippen molar-refractivity contribution in [2.24, 2.45) is 0 Å². The van der Waals surface area contributed by atoms with Gasteiger partial charge in [-0.3, -0.25) is 14.4 Å². The van der Waals surface area contributed by atoms with Crippen molar-refractivity contribution in [3.63, 3.8) is 0 Å². The zero-order chi connectivity index (χ0) is 31.6. The third kappa shape index (κ3) is 5.35. The Kier molecular flexibility index (Phi) is 7.51. The molecule has 4 aliphatic heterocycles. The average Bonchev–Trinajstić information content (AvgIpc) is 3.56. The van der Waals surface area contributed by atoms with Gasteiger partial charge in [0.25, 0.3) is 5.91 Å². The molecular weight excluding hydrogens is 604 g/mol. The number of aromatic nitrogens is 4. The lowest BCUT2D eigenvalue weighted by molar-refractivity contribution is 0.0821. The van der Waals surface area contributed by atoms with Crippen LogP contribution < -0.4 is 14.5 Å². The number of aryl methyl sites for hydroxylation is 1. The summed E-state index contributed by atoms with van der Waals surface area (Å²) in [6.45, 7) is 6.42. The first-order chi connectivity index (χ1) is 22.3. The van der Waals surface area contributed by atoms with Gasteiger partial charge in [0, 0.05) is 56.1 Å². The largest absolute Gasteiger partial charge is 0.508 e. The maximum atomic E-state index is 12.7. The highest BCUT2D eigenvalue weighted by Crippen LogP contribution is 2.50. The standard InChI is InChI=1S/C34H43ClN8O3/c1-39(2)32(45)27-16-23-19-41(11-5-14-43(23)38-27)31-25-8-15-40(29-18-24(44)17-26(35)30(29)22-6-7-22)20-28(25)36-33(37-31)46-21-34-9-3-12-42(34)13-4-10-34/h16-18,22,44H,3-15,19-21H2,1-2H3. The quantitative estimate of drug-likeness (QED) is 0.395. The number of nitrogens with zero attached hydrogens (tertiary/aromatic N) is 8. The van der Waals surface area contributed by atoms with E-state index in [1.807, 2.05) is 16.8 Å². The maximum absolute atomic E-state index is 12.7. The predicted molar refractivity (Wildman–Crippen MR) is 176 cm³/mol. The van der Waals surface area contributed by atoms with Crippen LogP contribution in [-0.4, -0.2) is 93.0 Å². The SMILES string of the molecule is CN(C)C(=O)c1cc2n(n1)CCCN(c1nc(OCC34CCCN3CCC4)nc3c1CCN(c1cc(O)cc(Cl)c1C1CC1)C3)C2. The number of amides is 1. The Morgan fingerprint density at radius 2 is 1.83 bits per heavy atom. The van der Waals surface area contributed by atoms with Crippen LogP contribution in [0.2, 0.25) is 5.02 Å². The average molecular weight is 647 g/mol. The molecule has 5 aliphatic rings. The third-order valence-corrected chi connectivity index (χ3v) is 11.0. The number of carbonyl (C=O) groups excluding carboxylic acids is 1. The van der Waals surface area contributed by atoms with Gasteiger partial charge in [-0.1, -0.05) is 11.6 Å². The van der Waals surface area contributed by atoms with Crippen LogP contribution in [0, 0.1) is 0 Å². The van der Waals surface area contributed by atoms with Crippen LogP contribution in [0.5, 0.6) is 11.8 Å². The molecule has 46 heavy (non-hydrogen) atoms. The highest BCUT2D eigenvalue weighted by Gasteiger charge is 2.45. The second-order valence-corrected chi connectivity index (χ2v) is 14.4. The second-order valence-electron chi connectivity index (χ2n) is 14.0. The van der Waals surface area contributed by atoms with Crippen LogP contribution in [0.3, 0.4) is 0 Å². The number of fused-ring (bicyclic) bond motifs is 3. The van der Waals surface area contributed by atoms with E-state index in [2.05, 4.69) is 19.8 Å². The zero-order valence-corrected chi connectivity index (χ0v) is 27.6. The Morgan fingerprint density at radius 1 is 1.02 bits per heavy atom. The van der Waals surface area contributed by atoms with Gasteiger partial charge in [-0.15, -0.1) is 0 Å². The van der Waals surface area contributed by atoms with E-state index in [0.29, 0.717) is 42.3 Å². The summed E-state index contributed by atoms with van der Waals surface area (Å²) in [4.78, 5) is 31.7. The minimum absolute atomic E-state index is 0.0906. The highest BCUT2D eigenvalue weighted by molar-refractivity contribution is 6.32. The van der Waals surface area contributed by atoms with E-state index in [4.69, 9.17) is 26.3 Å². The molecule has 0 radical (unpaired) electrons. The van der Waals surface area contributed by atoms with E-state index in [1.54, 1.807) is 25.1 Å². The molecule has 1 aliphatic carbocycles. The molecule has 6 heterocycles. The maximum Gasteiger partial charge on any atom is 0.318 e. The van der Waals surface area contributed by atoms with Crippen LogP contribution in [0.1, 0.15) is 83.9 Å². The molecule has 3 fully saturated rings. The van der Waals surface area contributed by atoms with Crippen molar-refractivity contribution in [3.05, 3.63) is 51.4 Å². The van der Waals surface area contributed by atoms with Crippen molar-refractivity contribution in [1.82, 2.24) is 29.5 Å². The molecule has 244 valence electrons. The number of hydrogen-bond acceptors (Lipinski definition) is 9. The van der Waals surface area contributed by atoms with Crippen molar-refractivity contribution in [1.29, 1.82) is 0 Å². The normalized spacial score (nSPS) is 20.7. The molecule has 1 aromatic carbocycles. The van der Waals surface area contributed by atoms with Crippen LogP contribution in [0.4, 0.5) is 11.5 Å². The summed E-state index contributed by atoms with van der Waals surface area (Å²) in [5.74, 6) is 1.45. The summed E-state index contributed by atoms with van der Waals surface area (Å²) in [5, 5.41) is 15.8. The molecule has 11 nitrogen and oxygen atoms in total. The molecule has 3 aromatic rings. The fourth-order valence-electron chi connectivity index (χ4n) is 8.18. The molecule has 0 atom stereocenters. The summed E-state index contributed by atoms with van der Waals surface area (Å²) in [5.41, 5.74) is 5.81. The van der Waals surface area contributed by atoms with Crippen molar-refractivity contribution in [2.45, 2.75) is 82.5 Å². The van der Waals surface area contributed by atoms with Gasteiger partial charge in [0.15, 0.2) is 5.69 Å². The van der Waals surface area contributed by atoms with Crippen LogP contribution >= 0.6 is 11.6 Å². The Hall–Kier alpha value is -3.57. The first kappa shape index (κ1) is 29.8. The Labute approximate surface area is 275 Å². The van der Waals surface area contributed by atoms with E-state index in [-0.39, 0.29) is 17.2 Å². The van der Waals surface area contributed by atoms with Gasteiger partial charge in [-0.05, 0) is 88.1 Å². The molecule has 1 saturated carbocycles. The van der Waals surface area contributed by atoms with E-state index in [1.165, 1.54) is 12.8 Å². The van der Waals surface area contributed by atoms with Gasteiger partial charge >= 0.3 is 6.01 Å². The Bertz CT molecular complexity index is 1660. The van der Waals surface area contributed by atoms with Crippen molar-refractivity contribution in [2.75, 3.05) is 56.7 Å². The molecule has 0 spiro atoms. The minimum Gasteiger partial charge on any atom is -0.508 e. The van der Waals surface area contributed by atoms with Crippen molar-refractivity contribution >= 4 is 29.0 Å². The van der Waals surface area contributed by atoms with E-state index in [0.717, 1.165) is 105 Å². The monoisotopic (exact) mass is 646 g/mol. The number of aromatic hydroxyl groups is 1. The van der Waals surface area contributed by atoms with Gasteiger partial charge in [-0.2, -0.15) is 15.1 Å². The fraction of sp³-hybridized carbons (Fsp3) is 0.588. The number of anilines is 2. The summed E-state index contributed by atoms with van der Waals surface area (Å²) >= 11 is 6.71. The van der Waals surface area contributed by atoms with E-state index < -0.39 is 0 Å². The number of rotatable bonds is 7. The number of carbonyl (C=O) groups is 1. The molecule has 2 saturated heterocycles. The summed E-state index contributed by atoms with van der Waals surface area (Å²) in [6, 6.07) is 5.88. The lowest BCUT2D eigenvalue weighted by Crippen LogP contribution is -2.43. The number of ether oxygens (including phenoxy) is 1. The molecule has 2 aromatic heterocycles. The van der Waals surface area contributed by atoms with Gasteiger partial charge in [0.1, 0.15) is 18.2 Å². The third-order valence-electron chi connectivity index (χ3n) is 10.7. The Balaban J connectivity index is 1.14. The molecule has 12 heteroatoms. The first-order valence-corrected chi connectivity index (χ1v) is 17.2. The lowest BCUT2D eigenvalue weighted by atomic mass is 9.95. The first-order valence-electron chi connectivity index (χ1n) is 16.9. The van der Waals surface area contributed by atoms with E-state index >= 15 is 0 Å². The van der Waals surface area contributed by atoms with Crippen molar-refractivity contribution < 1.29 is 14.6 Å². The molecule has 0 unspecified atom stereocenters. The van der Waals surface area contributed by atoms with Gasteiger partial charge in [-0.25, -0.2) is 0 Å². The summed E-state index contributed by atoms with van der Waals surface area (Å²) in [6.07, 6.45) is 8.64. The summed E-state index contributed by atoms with van der Waals surface area (Å²) in [7, 11) is 3.51. The highest BCUT2D eigenvalue weighted by atomic mass is 35.5. The van der Waals surface area contributed by atoms with Crippen LogP contribution in [0.15, 0.2) is 18.2 Å². The number of phenols is 1. The molecule has 8 rings (SSSR count). The van der Waals surface area contributed by atoms with E-state index in [9.17, 15) is 9.90 Å². The van der Waals surface area contributed by atoms with Crippen LogP contribution in [0.25, 0.3) is 0 Å². The number of hydrogen-bond donors (Lipinski definition) is 1. The Morgan fingerprint density at radius 3 is 2.59 bits per heavy atom. The zero-order valence-electron chi connectivity index (χ0n) is 26.8. The second kappa shape index (κ2) is 11.6. The molecule has 1 N–H and O–H groups in total. The van der Waals surface area contributed by atoms with Gasteiger partial charge in [0.05, 0.1) is 30.0 Å². The summed E-state index contributed by atoms with van der Waals surface area (Å²) < 4.78 is 8.54. The fourth-order valence-corrected chi connectivity index (χ4v) is 8.55. The minimum atomic E-state index is -0.0906. The lowest BCUT2D eigenvalue weighted by Gasteiger charge is -2.35. The van der Waals surface area contributed by atoms with Crippen LogP contribution in [-0.2, 0) is 26.1 Å². The van der Waals surface area contributed by atoms with Gasteiger partial charge < -0.3 is 24.5 Å². The number of benzene rings is 1. The molecular formula is C34H43ClN8O3. The molecule has 1 amide bonds. The predicted octanol–water partition coefficient (Wildman–Crippen LogP) is 4.59. The van der Waals surface area contributed by atoms with Crippen molar-refractivity contribution in [3.8, 4) is 11.8 Å². The van der Waals surface area contributed by atoms with Gasteiger partial charge in [0.2, 0.25) is 0 Å².